The number of carbonyl (C=O) groups excluding carboxylic acids is 1. The van der Waals surface area contributed by atoms with E-state index >= 15 is 0 Å². The second-order valence-electron chi connectivity index (χ2n) is 6.10. The van der Waals surface area contributed by atoms with Crippen molar-refractivity contribution in [1.82, 2.24) is 10.2 Å². The molecule has 3 rings (SSSR count). The van der Waals surface area contributed by atoms with Crippen molar-refractivity contribution >= 4 is 5.91 Å². The van der Waals surface area contributed by atoms with Gasteiger partial charge in [0.2, 0.25) is 5.91 Å². The molecule has 1 fully saturated rings. The largest absolute Gasteiger partial charge is 0.341 e. The standard InChI is InChI=1S/C16H22N2O/c1-11-9-18(10-12(11)2)16(19)15-7-13-5-3-4-6-14(13)8-17-15/h3-6,11-12,15,17H,7-10H2,1-2H3. The molecule has 3 heteroatoms. The predicted octanol–water partition coefficient (Wildman–Crippen LogP) is 1.82. The molecule has 0 aliphatic carbocycles. The van der Waals surface area contributed by atoms with Crippen LogP contribution in [0.1, 0.15) is 25.0 Å². The van der Waals surface area contributed by atoms with E-state index in [1.807, 2.05) is 4.90 Å². The van der Waals surface area contributed by atoms with E-state index in [2.05, 4.69) is 43.4 Å². The molecule has 3 atom stereocenters. The minimum absolute atomic E-state index is 0.0348. The number of carbonyl (C=O) groups is 1. The van der Waals surface area contributed by atoms with Gasteiger partial charge in [-0.15, -0.1) is 0 Å². The number of likely N-dealkylation sites (tertiary alicyclic amines) is 1. The molecule has 1 N–H and O–H groups in total. The maximum atomic E-state index is 12.6. The lowest BCUT2D eigenvalue weighted by Crippen LogP contribution is -2.48. The molecule has 1 aromatic rings. The van der Waals surface area contributed by atoms with E-state index in [4.69, 9.17) is 0 Å². The zero-order valence-electron chi connectivity index (χ0n) is 11.7. The van der Waals surface area contributed by atoms with Crippen LogP contribution in [-0.4, -0.2) is 29.9 Å². The third-order valence-corrected chi connectivity index (χ3v) is 4.68. The fourth-order valence-corrected chi connectivity index (χ4v) is 3.16. The van der Waals surface area contributed by atoms with Gasteiger partial charge in [-0.05, 0) is 29.4 Å². The molecule has 1 aromatic carbocycles. The first kappa shape index (κ1) is 12.7. The number of nitrogens with zero attached hydrogens (tertiary/aromatic N) is 1. The Hall–Kier alpha value is -1.35. The van der Waals surface area contributed by atoms with Gasteiger partial charge in [-0.2, -0.15) is 0 Å². The molecule has 0 aromatic heterocycles. The zero-order chi connectivity index (χ0) is 13.4. The van der Waals surface area contributed by atoms with Gasteiger partial charge in [-0.3, -0.25) is 4.79 Å². The van der Waals surface area contributed by atoms with Gasteiger partial charge in [0.05, 0.1) is 6.04 Å². The van der Waals surface area contributed by atoms with Crippen molar-refractivity contribution in [1.29, 1.82) is 0 Å². The molecule has 1 amide bonds. The third-order valence-electron chi connectivity index (χ3n) is 4.68. The number of hydrogen-bond acceptors (Lipinski definition) is 2. The van der Waals surface area contributed by atoms with Crippen LogP contribution in [0.2, 0.25) is 0 Å². The molecule has 3 unspecified atom stereocenters. The van der Waals surface area contributed by atoms with Gasteiger partial charge in [-0.25, -0.2) is 0 Å². The monoisotopic (exact) mass is 258 g/mol. The predicted molar refractivity (Wildman–Crippen MR) is 75.7 cm³/mol. The molecule has 2 aliphatic rings. The van der Waals surface area contributed by atoms with E-state index in [1.165, 1.54) is 11.1 Å². The fraction of sp³-hybridized carbons (Fsp3) is 0.562. The quantitative estimate of drug-likeness (QED) is 0.833. The molecule has 2 aliphatic heterocycles. The Morgan fingerprint density at radius 3 is 2.47 bits per heavy atom. The molecule has 1 saturated heterocycles. The zero-order valence-corrected chi connectivity index (χ0v) is 11.7. The number of nitrogens with one attached hydrogen (secondary N) is 1. The first-order valence-corrected chi connectivity index (χ1v) is 7.24. The Morgan fingerprint density at radius 2 is 1.79 bits per heavy atom. The van der Waals surface area contributed by atoms with Crippen LogP contribution in [0, 0.1) is 11.8 Å². The van der Waals surface area contributed by atoms with Gasteiger partial charge < -0.3 is 10.2 Å². The Labute approximate surface area is 115 Å². The summed E-state index contributed by atoms with van der Waals surface area (Å²) < 4.78 is 0. The van der Waals surface area contributed by atoms with E-state index in [9.17, 15) is 4.79 Å². The highest BCUT2D eigenvalue weighted by atomic mass is 16.2. The molecule has 102 valence electrons. The van der Waals surface area contributed by atoms with Crippen molar-refractivity contribution in [2.45, 2.75) is 32.9 Å². The molecule has 0 spiro atoms. The topological polar surface area (TPSA) is 32.3 Å². The first-order valence-electron chi connectivity index (χ1n) is 7.24. The normalized spacial score (nSPS) is 30.2. The highest BCUT2D eigenvalue weighted by molar-refractivity contribution is 5.83. The minimum Gasteiger partial charge on any atom is -0.341 e. The Morgan fingerprint density at radius 1 is 1.16 bits per heavy atom. The van der Waals surface area contributed by atoms with Gasteiger partial charge in [0.15, 0.2) is 0 Å². The Bertz CT molecular complexity index is 475. The van der Waals surface area contributed by atoms with Crippen LogP contribution in [0.25, 0.3) is 0 Å². The van der Waals surface area contributed by atoms with Crippen molar-refractivity contribution in [2.75, 3.05) is 13.1 Å². The van der Waals surface area contributed by atoms with Gasteiger partial charge >= 0.3 is 0 Å². The molecule has 2 heterocycles. The second kappa shape index (κ2) is 4.97. The lowest BCUT2D eigenvalue weighted by atomic mass is 9.95. The maximum Gasteiger partial charge on any atom is 0.240 e. The summed E-state index contributed by atoms with van der Waals surface area (Å²) in [5, 5.41) is 3.39. The fourth-order valence-electron chi connectivity index (χ4n) is 3.16. The Balaban J connectivity index is 1.70. The van der Waals surface area contributed by atoms with Crippen molar-refractivity contribution in [2.24, 2.45) is 11.8 Å². The Kier molecular flexibility index (Phi) is 3.31. The molecule has 0 radical (unpaired) electrons. The van der Waals surface area contributed by atoms with Crippen LogP contribution in [-0.2, 0) is 17.8 Å². The van der Waals surface area contributed by atoms with Crippen LogP contribution >= 0.6 is 0 Å². The summed E-state index contributed by atoms with van der Waals surface area (Å²) in [6.45, 7) is 7.12. The summed E-state index contributed by atoms with van der Waals surface area (Å²) in [6, 6.07) is 8.37. The van der Waals surface area contributed by atoms with Crippen LogP contribution in [0.5, 0.6) is 0 Å². The van der Waals surface area contributed by atoms with E-state index in [1.54, 1.807) is 0 Å². The average Bonchev–Trinajstić information content (AvgIpc) is 2.77. The minimum atomic E-state index is -0.0348. The number of amides is 1. The van der Waals surface area contributed by atoms with Gasteiger partial charge in [0, 0.05) is 19.6 Å². The van der Waals surface area contributed by atoms with Gasteiger partial charge in [-0.1, -0.05) is 38.1 Å². The third kappa shape index (κ3) is 2.39. The highest BCUT2D eigenvalue weighted by Gasteiger charge is 2.34. The summed E-state index contributed by atoms with van der Waals surface area (Å²) in [6.07, 6.45) is 0.828. The summed E-state index contributed by atoms with van der Waals surface area (Å²) in [7, 11) is 0. The number of benzene rings is 1. The summed E-state index contributed by atoms with van der Waals surface area (Å²) in [5.41, 5.74) is 2.65. The lowest BCUT2D eigenvalue weighted by molar-refractivity contribution is -0.132. The van der Waals surface area contributed by atoms with Crippen molar-refractivity contribution < 1.29 is 4.79 Å². The molecule has 19 heavy (non-hydrogen) atoms. The smallest absolute Gasteiger partial charge is 0.240 e. The molecular weight excluding hydrogens is 236 g/mol. The van der Waals surface area contributed by atoms with Crippen LogP contribution in [0.3, 0.4) is 0 Å². The summed E-state index contributed by atoms with van der Waals surface area (Å²) in [4.78, 5) is 14.6. The van der Waals surface area contributed by atoms with Gasteiger partial charge in [0.25, 0.3) is 0 Å². The number of rotatable bonds is 1. The van der Waals surface area contributed by atoms with Crippen LogP contribution in [0.4, 0.5) is 0 Å². The second-order valence-corrected chi connectivity index (χ2v) is 6.10. The molecular formula is C16H22N2O. The van der Waals surface area contributed by atoms with Crippen molar-refractivity contribution in [3.8, 4) is 0 Å². The van der Waals surface area contributed by atoms with Crippen molar-refractivity contribution in [3.63, 3.8) is 0 Å². The highest BCUT2D eigenvalue weighted by Crippen LogP contribution is 2.24. The number of fused-ring (bicyclic) bond motifs is 1. The van der Waals surface area contributed by atoms with Gasteiger partial charge in [0.1, 0.15) is 0 Å². The summed E-state index contributed by atoms with van der Waals surface area (Å²) >= 11 is 0. The SMILES string of the molecule is CC1CN(C(=O)C2Cc3ccccc3CN2)CC1C. The van der Waals surface area contributed by atoms with E-state index in [-0.39, 0.29) is 11.9 Å². The maximum absolute atomic E-state index is 12.6. The molecule has 3 nitrogen and oxygen atoms in total. The van der Waals surface area contributed by atoms with Crippen LogP contribution < -0.4 is 5.32 Å². The number of hydrogen-bond donors (Lipinski definition) is 1. The molecule has 0 bridgehead atoms. The van der Waals surface area contributed by atoms with Crippen LogP contribution in [0.15, 0.2) is 24.3 Å². The molecule has 0 saturated carbocycles. The average molecular weight is 258 g/mol. The van der Waals surface area contributed by atoms with Crippen molar-refractivity contribution in [3.05, 3.63) is 35.4 Å². The van der Waals surface area contributed by atoms with E-state index < -0.39 is 0 Å². The first-order chi connectivity index (χ1) is 9.15. The lowest BCUT2D eigenvalue weighted by Gasteiger charge is -2.29. The summed E-state index contributed by atoms with van der Waals surface area (Å²) in [5.74, 6) is 1.53. The van der Waals surface area contributed by atoms with E-state index in [0.717, 1.165) is 26.1 Å². The van der Waals surface area contributed by atoms with E-state index in [0.29, 0.717) is 11.8 Å².